The summed E-state index contributed by atoms with van der Waals surface area (Å²) < 4.78 is 0. The monoisotopic (exact) mass is 383 g/mol. The van der Waals surface area contributed by atoms with Gasteiger partial charge >= 0.3 is 0 Å². The quantitative estimate of drug-likeness (QED) is 0.580. The van der Waals surface area contributed by atoms with E-state index in [1.807, 2.05) is 19.1 Å². The Morgan fingerprint density at radius 1 is 1.29 bits per heavy atom. The van der Waals surface area contributed by atoms with E-state index < -0.39 is 0 Å². The minimum atomic E-state index is -0.306. The van der Waals surface area contributed by atoms with Crippen molar-refractivity contribution in [2.75, 3.05) is 19.6 Å². The first-order valence-electron chi connectivity index (χ1n) is 7.54. The molecule has 0 aromatic heterocycles. The van der Waals surface area contributed by atoms with Crippen LogP contribution in [0.4, 0.5) is 4.79 Å². The number of hydrogen-bond donors (Lipinski definition) is 2. The summed E-state index contributed by atoms with van der Waals surface area (Å²) in [5, 5.41) is 6.79. The van der Waals surface area contributed by atoms with Gasteiger partial charge in [0, 0.05) is 24.7 Å². The Labute approximate surface area is 155 Å². The van der Waals surface area contributed by atoms with Crippen LogP contribution in [0.3, 0.4) is 0 Å². The van der Waals surface area contributed by atoms with Gasteiger partial charge in [0.2, 0.25) is 0 Å². The van der Waals surface area contributed by atoms with Crippen LogP contribution < -0.4 is 10.6 Å². The number of rotatable bonds is 6. The summed E-state index contributed by atoms with van der Waals surface area (Å²) in [5.41, 5.74) is 0.715. The number of nitrogens with zero attached hydrogens (tertiary/aromatic N) is 1. The zero-order chi connectivity index (χ0) is 17.5. The Bertz CT molecular complexity index is 679. The normalized spacial score (nSPS) is 15.9. The molecule has 128 valence electrons. The van der Waals surface area contributed by atoms with Crippen molar-refractivity contribution in [1.82, 2.24) is 15.5 Å². The molecule has 1 fully saturated rings. The van der Waals surface area contributed by atoms with Crippen LogP contribution in [0.15, 0.2) is 29.2 Å². The molecule has 8 heteroatoms. The molecular formula is C16H18ClN3O2S2. The fourth-order valence-electron chi connectivity index (χ4n) is 2.01. The molecule has 0 unspecified atom stereocenters. The Balaban J connectivity index is 1.94. The summed E-state index contributed by atoms with van der Waals surface area (Å²) in [6.45, 7) is 3.50. The third-order valence-corrected chi connectivity index (χ3v) is 4.76. The molecule has 0 bridgehead atoms. The molecular weight excluding hydrogens is 366 g/mol. The molecule has 0 saturated carbocycles. The van der Waals surface area contributed by atoms with Gasteiger partial charge in [-0.2, -0.15) is 0 Å². The molecule has 1 aromatic carbocycles. The van der Waals surface area contributed by atoms with Gasteiger partial charge in [0.05, 0.1) is 4.91 Å². The maximum atomic E-state index is 12.4. The second-order valence-electron chi connectivity index (χ2n) is 5.04. The molecule has 24 heavy (non-hydrogen) atoms. The van der Waals surface area contributed by atoms with E-state index in [9.17, 15) is 9.59 Å². The number of carbonyl (C=O) groups is 2. The van der Waals surface area contributed by atoms with Crippen LogP contribution in [-0.2, 0) is 4.79 Å². The van der Waals surface area contributed by atoms with Gasteiger partial charge in [-0.3, -0.25) is 14.5 Å². The van der Waals surface area contributed by atoms with E-state index >= 15 is 0 Å². The van der Waals surface area contributed by atoms with Crippen molar-refractivity contribution < 1.29 is 9.59 Å². The Morgan fingerprint density at radius 3 is 2.71 bits per heavy atom. The van der Waals surface area contributed by atoms with Gasteiger partial charge in [-0.1, -0.05) is 36.7 Å². The lowest BCUT2D eigenvalue weighted by Gasteiger charge is -2.14. The van der Waals surface area contributed by atoms with Crippen LogP contribution in [0.2, 0.25) is 5.02 Å². The first kappa shape index (κ1) is 18.8. The fraction of sp³-hybridized carbons (Fsp3) is 0.312. The van der Waals surface area contributed by atoms with Crippen LogP contribution >= 0.6 is 35.6 Å². The zero-order valence-electron chi connectivity index (χ0n) is 13.2. The highest BCUT2D eigenvalue weighted by molar-refractivity contribution is 8.18. The lowest BCUT2D eigenvalue weighted by atomic mass is 10.2. The number of halogens is 1. The SMILES string of the molecule is CCCNC(=S)NCCN1C(=O)S/C(=C\c2ccccc2Cl)C1=O. The molecule has 0 radical (unpaired) electrons. The first-order valence-corrected chi connectivity index (χ1v) is 9.14. The van der Waals surface area contributed by atoms with Gasteiger partial charge in [-0.15, -0.1) is 0 Å². The van der Waals surface area contributed by atoms with Crippen LogP contribution in [0, 0.1) is 0 Å². The third kappa shape index (κ3) is 4.96. The van der Waals surface area contributed by atoms with Gasteiger partial charge in [0.1, 0.15) is 0 Å². The molecule has 2 amide bonds. The van der Waals surface area contributed by atoms with E-state index in [1.54, 1.807) is 18.2 Å². The molecule has 1 aromatic rings. The van der Waals surface area contributed by atoms with Crippen molar-refractivity contribution in [3.05, 3.63) is 39.8 Å². The van der Waals surface area contributed by atoms with E-state index in [-0.39, 0.29) is 17.7 Å². The number of thioether (sulfide) groups is 1. The summed E-state index contributed by atoms with van der Waals surface area (Å²) in [4.78, 5) is 26.0. The second kappa shape index (κ2) is 9.05. The van der Waals surface area contributed by atoms with Crippen molar-refractivity contribution in [2.45, 2.75) is 13.3 Å². The standard InChI is InChI=1S/C16H18ClN3O2S2/c1-2-7-18-15(23)19-8-9-20-14(21)13(24-16(20)22)10-11-5-3-4-6-12(11)17/h3-6,10H,2,7-9H2,1H3,(H2,18,19,23)/b13-10-. The lowest BCUT2D eigenvalue weighted by Crippen LogP contribution is -2.41. The van der Waals surface area contributed by atoms with Crippen molar-refractivity contribution in [3.63, 3.8) is 0 Å². The predicted octanol–water partition coefficient (Wildman–Crippen LogP) is 3.25. The van der Waals surface area contributed by atoms with Gasteiger partial charge in [0.25, 0.3) is 11.1 Å². The molecule has 0 spiro atoms. The average Bonchev–Trinajstić information content (AvgIpc) is 2.82. The number of nitrogens with one attached hydrogen (secondary N) is 2. The van der Waals surface area contributed by atoms with Crippen molar-refractivity contribution in [2.24, 2.45) is 0 Å². The van der Waals surface area contributed by atoms with Crippen LogP contribution in [0.25, 0.3) is 6.08 Å². The molecule has 1 saturated heterocycles. The molecule has 0 aliphatic carbocycles. The summed E-state index contributed by atoms with van der Waals surface area (Å²) in [6.07, 6.45) is 2.62. The molecule has 1 heterocycles. The lowest BCUT2D eigenvalue weighted by molar-refractivity contribution is -0.122. The summed E-state index contributed by atoms with van der Waals surface area (Å²) >= 11 is 12.1. The number of imide groups is 1. The van der Waals surface area contributed by atoms with Crippen LogP contribution in [-0.4, -0.2) is 40.8 Å². The second-order valence-corrected chi connectivity index (χ2v) is 6.85. The van der Waals surface area contributed by atoms with E-state index in [4.69, 9.17) is 23.8 Å². The number of hydrogen-bond acceptors (Lipinski definition) is 4. The zero-order valence-corrected chi connectivity index (χ0v) is 15.6. The molecule has 2 N–H and O–H groups in total. The Kier molecular flexibility index (Phi) is 7.08. The van der Waals surface area contributed by atoms with E-state index in [0.717, 1.165) is 24.7 Å². The van der Waals surface area contributed by atoms with E-state index in [2.05, 4.69) is 10.6 Å². The highest BCUT2D eigenvalue weighted by atomic mass is 35.5. The number of thiocarbonyl (C=S) groups is 1. The molecule has 5 nitrogen and oxygen atoms in total. The van der Waals surface area contributed by atoms with Gasteiger partial charge in [0.15, 0.2) is 5.11 Å². The number of benzene rings is 1. The minimum absolute atomic E-state index is 0.262. The van der Waals surface area contributed by atoms with Gasteiger partial charge < -0.3 is 10.6 Å². The van der Waals surface area contributed by atoms with Crippen molar-refractivity contribution in [3.8, 4) is 0 Å². The average molecular weight is 384 g/mol. The summed E-state index contributed by atoms with van der Waals surface area (Å²) in [7, 11) is 0. The molecule has 1 aliphatic rings. The van der Waals surface area contributed by atoms with Crippen LogP contribution in [0.1, 0.15) is 18.9 Å². The van der Waals surface area contributed by atoms with Crippen molar-refractivity contribution in [1.29, 1.82) is 0 Å². The van der Waals surface area contributed by atoms with E-state index in [0.29, 0.717) is 27.1 Å². The van der Waals surface area contributed by atoms with E-state index in [1.165, 1.54) is 4.90 Å². The van der Waals surface area contributed by atoms with Crippen molar-refractivity contribution >= 4 is 57.9 Å². The number of carbonyl (C=O) groups excluding carboxylic acids is 2. The third-order valence-electron chi connectivity index (χ3n) is 3.22. The highest BCUT2D eigenvalue weighted by Crippen LogP contribution is 2.33. The Morgan fingerprint density at radius 2 is 2.00 bits per heavy atom. The summed E-state index contributed by atoms with van der Waals surface area (Å²) in [5.74, 6) is -0.306. The maximum Gasteiger partial charge on any atom is 0.293 e. The molecule has 2 rings (SSSR count). The Hall–Kier alpha value is -1.57. The van der Waals surface area contributed by atoms with Gasteiger partial charge in [-0.25, -0.2) is 0 Å². The smallest absolute Gasteiger partial charge is 0.293 e. The first-order chi connectivity index (χ1) is 11.5. The topological polar surface area (TPSA) is 61.4 Å². The predicted molar refractivity (Wildman–Crippen MR) is 103 cm³/mol. The maximum absolute atomic E-state index is 12.4. The van der Waals surface area contributed by atoms with Gasteiger partial charge in [-0.05, 0) is 48.1 Å². The fourth-order valence-corrected chi connectivity index (χ4v) is 3.26. The molecule has 0 atom stereocenters. The van der Waals surface area contributed by atoms with Crippen LogP contribution in [0.5, 0.6) is 0 Å². The largest absolute Gasteiger partial charge is 0.363 e. The highest BCUT2D eigenvalue weighted by Gasteiger charge is 2.34. The summed E-state index contributed by atoms with van der Waals surface area (Å²) in [6, 6.07) is 7.18. The number of amides is 2. The minimum Gasteiger partial charge on any atom is -0.363 e. The molecule has 1 aliphatic heterocycles.